The van der Waals surface area contributed by atoms with E-state index in [9.17, 15) is 60.7 Å². The first kappa shape index (κ1) is 49.5. The standard InChI is InChI=1S/C47H74O18/c1-42(2)14-16-47(41(59)65-39-32(54)30(52)29(51)24(19-48)61-39)17-15-45(6)21(22(47)18-42)8-9-26-44(5)12-11-27(43(3,4)25(44)10-13-46(26,45)7)62-40-34(56)35(33(55)36(64-40)37(57)58)63-38-31(53)28(50)23(49)20-60-38/h8,22-36,38-40,48-56H,9-20H2,1-7H3,(H,57,58)/t22-,23-,24-,25?,26?,27?,28+,29-,30+,31-,32-,33+,34-,35+,36+,38+,39+,40-,44+,45-,46-,47+/m1/s1. The van der Waals surface area contributed by atoms with Crippen LogP contribution in [0.5, 0.6) is 0 Å². The maximum absolute atomic E-state index is 14.7. The summed E-state index contributed by atoms with van der Waals surface area (Å²) in [6.07, 6.45) is -13.7. The molecule has 3 saturated heterocycles. The van der Waals surface area contributed by atoms with Crippen LogP contribution in [0.15, 0.2) is 11.6 Å². The molecule has 370 valence electrons. The second-order valence-corrected chi connectivity index (χ2v) is 23.1. The maximum Gasteiger partial charge on any atom is 0.335 e. The predicted molar refractivity (Wildman–Crippen MR) is 225 cm³/mol. The highest BCUT2D eigenvalue weighted by Crippen LogP contribution is 2.76. The van der Waals surface area contributed by atoms with Gasteiger partial charge in [0.2, 0.25) is 6.29 Å². The fourth-order valence-electron chi connectivity index (χ4n) is 14.7. The number of ether oxygens (including phenoxy) is 6. The van der Waals surface area contributed by atoms with Gasteiger partial charge in [-0.05, 0) is 109 Å². The van der Waals surface area contributed by atoms with Crippen LogP contribution in [0.3, 0.4) is 0 Å². The van der Waals surface area contributed by atoms with E-state index >= 15 is 0 Å². The summed E-state index contributed by atoms with van der Waals surface area (Å²) in [5.41, 5.74) is -0.846. The molecule has 0 aromatic carbocycles. The topological polar surface area (TPSA) is 292 Å². The van der Waals surface area contributed by atoms with E-state index in [1.54, 1.807) is 0 Å². The predicted octanol–water partition coefficient (Wildman–Crippen LogP) is 0.872. The number of hydrogen-bond donors (Lipinski definition) is 10. The number of allylic oxidation sites excluding steroid dienone is 2. The summed E-state index contributed by atoms with van der Waals surface area (Å²) in [6, 6.07) is 0. The minimum absolute atomic E-state index is 0.0677. The van der Waals surface area contributed by atoms with Crippen LogP contribution in [0.4, 0.5) is 0 Å². The summed E-state index contributed by atoms with van der Waals surface area (Å²) in [5, 5.41) is 105. The number of carbonyl (C=O) groups excluding carboxylic acids is 1. The van der Waals surface area contributed by atoms with Gasteiger partial charge in [-0.1, -0.05) is 60.1 Å². The third-order valence-corrected chi connectivity index (χ3v) is 18.9. The molecule has 0 bridgehead atoms. The van der Waals surface area contributed by atoms with Gasteiger partial charge in [-0.3, -0.25) is 4.79 Å². The molecule has 0 aromatic rings. The van der Waals surface area contributed by atoms with Crippen molar-refractivity contribution in [3.05, 3.63) is 11.6 Å². The van der Waals surface area contributed by atoms with Crippen molar-refractivity contribution in [2.24, 2.45) is 50.2 Å². The molecule has 22 atom stereocenters. The second-order valence-electron chi connectivity index (χ2n) is 23.1. The summed E-state index contributed by atoms with van der Waals surface area (Å²) in [6.45, 7) is 14.9. The fourth-order valence-corrected chi connectivity index (χ4v) is 14.7. The van der Waals surface area contributed by atoms with E-state index in [-0.39, 0.29) is 39.4 Å². The van der Waals surface area contributed by atoms with Crippen molar-refractivity contribution in [3.63, 3.8) is 0 Å². The monoisotopic (exact) mass is 926 g/mol. The lowest BCUT2D eigenvalue weighted by atomic mass is 9.33. The Morgan fingerprint density at radius 2 is 1.38 bits per heavy atom. The van der Waals surface area contributed by atoms with Crippen LogP contribution in [0.1, 0.15) is 113 Å². The fraction of sp³-hybridized carbons (Fsp3) is 0.915. The summed E-state index contributed by atoms with van der Waals surface area (Å²) in [5.74, 6) is -1.80. The Hall–Kier alpha value is -1.88. The Labute approximate surface area is 380 Å². The van der Waals surface area contributed by atoms with E-state index in [0.717, 1.165) is 44.9 Å². The van der Waals surface area contributed by atoms with Crippen LogP contribution in [0.2, 0.25) is 0 Å². The van der Waals surface area contributed by atoms with Crippen molar-refractivity contribution >= 4 is 11.9 Å². The number of carbonyl (C=O) groups is 2. The molecule has 0 aromatic heterocycles. The number of aliphatic hydroxyl groups is 9. The minimum atomic E-state index is -1.90. The quantitative estimate of drug-likeness (QED) is 0.0918. The van der Waals surface area contributed by atoms with Gasteiger partial charge in [0.15, 0.2) is 18.7 Å². The van der Waals surface area contributed by atoms with Crippen molar-refractivity contribution < 1.29 is 89.1 Å². The average Bonchev–Trinajstić information content (AvgIpc) is 3.24. The van der Waals surface area contributed by atoms with Gasteiger partial charge in [-0.15, -0.1) is 0 Å². The van der Waals surface area contributed by atoms with E-state index in [1.807, 2.05) is 0 Å². The van der Waals surface area contributed by atoms with E-state index in [4.69, 9.17) is 28.4 Å². The Morgan fingerprint density at radius 3 is 2.06 bits per heavy atom. The Kier molecular flexibility index (Phi) is 13.1. The van der Waals surface area contributed by atoms with Gasteiger partial charge in [0.1, 0.15) is 61.0 Å². The van der Waals surface area contributed by atoms with Gasteiger partial charge in [0.25, 0.3) is 0 Å². The highest BCUT2D eigenvalue weighted by atomic mass is 16.7. The van der Waals surface area contributed by atoms with Crippen molar-refractivity contribution in [3.8, 4) is 0 Å². The number of aliphatic hydroxyl groups excluding tert-OH is 9. The largest absolute Gasteiger partial charge is 0.479 e. The first-order valence-electron chi connectivity index (χ1n) is 23.7. The minimum Gasteiger partial charge on any atom is -0.479 e. The summed E-state index contributed by atoms with van der Waals surface area (Å²) in [7, 11) is 0. The van der Waals surface area contributed by atoms with Crippen LogP contribution in [0, 0.1) is 50.2 Å². The number of aliphatic carboxylic acids is 1. The van der Waals surface area contributed by atoms with Gasteiger partial charge < -0.3 is 79.5 Å². The maximum atomic E-state index is 14.7. The van der Waals surface area contributed by atoms with Crippen molar-refractivity contribution in [1.29, 1.82) is 0 Å². The molecule has 8 rings (SSSR count). The lowest BCUT2D eigenvalue weighted by Gasteiger charge is -2.71. The Balaban J connectivity index is 1.03. The van der Waals surface area contributed by atoms with Crippen molar-refractivity contribution in [2.75, 3.05) is 13.2 Å². The van der Waals surface area contributed by atoms with Gasteiger partial charge in [0, 0.05) is 0 Å². The molecular weight excluding hydrogens is 852 g/mol. The molecule has 0 spiro atoms. The first-order chi connectivity index (χ1) is 30.3. The molecular formula is C47H74O18. The molecule has 4 saturated carbocycles. The zero-order valence-corrected chi connectivity index (χ0v) is 38.7. The number of hydrogen-bond acceptors (Lipinski definition) is 17. The summed E-state index contributed by atoms with van der Waals surface area (Å²) < 4.78 is 35.1. The Bertz CT molecular complexity index is 1820. The van der Waals surface area contributed by atoms with Crippen molar-refractivity contribution in [2.45, 2.75) is 205 Å². The van der Waals surface area contributed by atoms with Crippen LogP contribution >= 0.6 is 0 Å². The molecule has 10 N–H and O–H groups in total. The zero-order chi connectivity index (χ0) is 47.6. The van der Waals surface area contributed by atoms with Crippen molar-refractivity contribution in [1.82, 2.24) is 0 Å². The highest BCUT2D eigenvalue weighted by molar-refractivity contribution is 5.79. The van der Waals surface area contributed by atoms with E-state index in [1.165, 1.54) is 5.57 Å². The normalized spacial score (nSPS) is 52.7. The Morgan fingerprint density at radius 1 is 0.708 bits per heavy atom. The van der Waals surface area contributed by atoms with Gasteiger partial charge >= 0.3 is 11.9 Å². The van der Waals surface area contributed by atoms with E-state index < -0.39 is 128 Å². The summed E-state index contributed by atoms with van der Waals surface area (Å²) >= 11 is 0. The average molecular weight is 927 g/mol. The SMILES string of the molecule is CC1(C)CC[C@]2(C(=O)O[C@@H]3O[C@H](CO)[C@@H](O)[C@H](O)[C@H]3O)CC[C@]3(C)C(=CCC4[C@@]5(C)CCC(O[C@@H]6O[C@H](C(=O)O)[C@@H](O)[C@H](O[C@@H]7OC[C@@H](O)[C@H](O)[C@H]7O)[C@H]6O)C(C)(C)C5CC[C@]43C)[C@H]2C1. The highest BCUT2D eigenvalue weighted by Gasteiger charge is 2.70. The molecule has 3 unspecified atom stereocenters. The number of rotatable bonds is 8. The molecule has 3 heterocycles. The summed E-state index contributed by atoms with van der Waals surface area (Å²) in [4.78, 5) is 27.0. The molecule has 18 heteroatoms. The molecule has 7 fully saturated rings. The van der Waals surface area contributed by atoms with Crippen LogP contribution < -0.4 is 0 Å². The zero-order valence-electron chi connectivity index (χ0n) is 38.7. The number of esters is 1. The lowest BCUT2D eigenvalue weighted by Crippen LogP contribution is -2.67. The van der Waals surface area contributed by atoms with E-state index in [2.05, 4.69) is 54.5 Å². The van der Waals surface area contributed by atoms with Gasteiger partial charge in [-0.25, -0.2) is 4.79 Å². The number of fused-ring (bicyclic) bond motifs is 7. The molecule has 65 heavy (non-hydrogen) atoms. The molecule has 5 aliphatic carbocycles. The third-order valence-electron chi connectivity index (χ3n) is 18.9. The molecule has 3 aliphatic heterocycles. The van der Waals surface area contributed by atoms with Crippen LogP contribution in [-0.4, -0.2) is 168 Å². The smallest absolute Gasteiger partial charge is 0.335 e. The molecule has 18 nitrogen and oxygen atoms in total. The lowest BCUT2D eigenvalue weighted by molar-refractivity contribution is -0.357. The van der Waals surface area contributed by atoms with Crippen LogP contribution in [0.25, 0.3) is 0 Å². The molecule has 8 aliphatic rings. The first-order valence-corrected chi connectivity index (χ1v) is 23.7. The molecule has 0 amide bonds. The van der Waals surface area contributed by atoms with E-state index in [0.29, 0.717) is 19.3 Å². The second kappa shape index (κ2) is 17.2. The van der Waals surface area contributed by atoms with Gasteiger partial charge in [-0.2, -0.15) is 0 Å². The number of carboxylic acid groups (broad SMARTS) is 1. The van der Waals surface area contributed by atoms with Crippen LogP contribution in [-0.2, 0) is 38.0 Å². The molecule has 0 radical (unpaired) electrons. The van der Waals surface area contributed by atoms with Gasteiger partial charge in [0.05, 0.1) is 24.7 Å². The number of carboxylic acids is 1. The third kappa shape index (κ3) is 7.76.